The number of ether oxygens (including phenoxy) is 1. The van der Waals surface area contributed by atoms with E-state index < -0.39 is 0 Å². The second-order valence-electron chi connectivity index (χ2n) is 4.06. The van der Waals surface area contributed by atoms with Gasteiger partial charge in [0.2, 0.25) is 11.2 Å². The van der Waals surface area contributed by atoms with Crippen LogP contribution in [-0.4, -0.2) is 23.0 Å². The zero-order valence-corrected chi connectivity index (χ0v) is 12.2. The largest absolute Gasteiger partial charge is 0.495 e. The van der Waals surface area contributed by atoms with Gasteiger partial charge < -0.3 is 10.1 Å². The molecular formula is C15H12ClN3O2. The highest BCUT2D eigenvalue weighted by Crippen LogP contribution is 2.25. The number of aromatic nitrogens is 2. The minimum absolute atomic E-state index is 0.149. The highest BCUT2D eigenvalue weighted by molar-refractivity contribution is 6.28. The number of halogens is 1. The molecule has 0 saturated heterocycles. The van der Waals surface area contributed by atoms with Crippen LogP contribution in [0.2, 0.25) is 5.28 Å². The van der Waals surface area contributed by atoms with Crippen LogP contribution in [-0.2, 0) is 4.79 Å². The number of nitrogens with zero attached hydrogens (tertiary/aromatic N) is 2. The zero-order valence-electron chi connectivity index (χ0n) is 11.5. The van der Waals surface area contributed by atoms with Gasteiger partial charge in [0.25, 0.3) is 0 Å². The molecule has 0 unspecified atom stereocenters. The van der Waals surface area contributed by atoms with Gasteiger partial charge >= 0.3 is 0 Å². The fraction of sp³-hybridized carbons (Fsp3) is 0.133. The smallest absolute Gasteiger partial charge is 0.223 e. The third kappa shape index (κ3) is 4.20. The van der Waals surface area contributed by atoms with E-state index in [2.05, 4.69) is 27.1 Å². The van der Waals surface area contributed by atoms with Crippen molar-refractivity contribution in [3.05, 3.63) is 47.0 Å². The molecule has 21 heavy (non-hydrogen) atoms. The molecule has 0 aliphatic carbocycles. The van der Waals surface area contributed by atoms with Crippen molar-refractivity contribution in [2.24, 2.45) is 0 Å². The minimum atomic E-state index is -0.180. The van der Waals surface area contributed by atoms with E-state index in [9.17, 15) is 4.79 Å². The van der Waals surface area contributed by atoms with Gasteiger partial charge in [0.05, 0.1) is 12.8 Å². The monoisotopic (exact) mass is 301 g/mol. The van der Waals surface area contributed by atoms with E-state index >= 15 is 0 Å². The third-order valence-electron chi connectivity index (χ3n) is 2.47. The summed E-state index contributed by atoms with van der Waals surface area (Å²) >= 11 is 5.69. The van der Waals surface area contributed by atoms with Gasteiger partial charge in [0.1, 0.15) is 11.4 Å². The molecule has 2 aromatic rings. The maximum Gasteiger partial charge on any atom is 0.223 e. The number of hydrogen-bond donors (Lipinski definition) is 1. The van der Waals surface area contributed by atoms with Crippen LogP contribution in [0.4, 0.5) is 5.69 Å². The van der Waals surface area contributed by atoms with Gasteiger partial charge in [0.15, 0.2) is 0 Å². The Morgan fingerprint density at radius 3 is 2.81 bits per heavy atom. The number of carbonyl (C=O) groups is 1. The van der Waals surface area contributed by atoms with E-state index in [1.54, 1.807) is 24.3 Å². The molecule has 0 atom stereocenters. The van der Waals surface area contributed by atoms with Crippen molar-refractivity contribution < 1.29 is 9.53 Å². The summed E-state index contributed by atoms with van der Waals surface area (Å²) in [4.78, 5) is 18.9. The van der Waals surface area contributed by atoms with Crippen LogP contribution < -0.4 is 10.1 Å². The SMILES string of the molecule is COc1ccc(C#Cc2ccnc(Cl)n2)cc1NC(C)=O. The van der Waals surface area contributed by atoms with E-state index in [1.165, 1.54) is 20.2 Å². The molecule has 1 aromatic carbocycles. The Morgan fingerprint density at radius 2 is 2.14 bits per heavy atom. The summed E-state index contributed by atoms with van der Waals surface area (Å²) in [6.45, 7) is 1.43. The molecule has 0 radical (unpaired) electrons. The van der Waals surface area contributed by atoms with Gasteiger partial charge in [-0.05, 0) is 41.8 Å². The second kappa shape index (κ2) is 6.73. The number of hydrogen-bond acceptors (Lipinski definition) is 4. The van der Waals surface area contributed by atoms with Crippen LogP contribution in [0, 0.1) is 11.8 Å². The molecule has 0 saturated carbocycles. The van der Waals surface area contributed by atoms with Crippen LogP contribution in [0.3, 0.4) is 0 Å². The number of anilines is 1. The maximum absolute atomic E-state index is 11.2. The van der Waals surface area contributed by atoms with Gasteiger partial charge in [-0.1, -0.05) is 5.92 Å². The van der Waals surface area contributed by atoms with Gasteiger partial charge in [0, 0.05) is 18.7 Å². The van der Waals surface area contributed by atoms with Gasteiger partial charge in [-0.25, -0.2) is 9.97 Å². The normalized spacial score (nSPS) is 9.48. The maximum atomic E-state index is 11.2. The van der Waals surface area contributed by atoms with Crippen LogP contribution in [0.25, 0.3) is 0 Å². The molecule has 0 aliphatic rings. The van der Waals surface area contributed by atoms with Crippen LogP contribution in [0.5, 0.6) is 5.75 Å². The fourth-order valence-electron chi connectivity index (χ4n) is 1.61. The molecule has 1 heterocycles. The van der Waals surface area contributed by atoms with Crippen molar-refractivity contribution in [1.82, 2.24) is 9.97 Å². The van der Waals surface area contributed by atoms with Crippen molar-refractivity contribution in [3.63, 3.8) is 0 Å². The van der Waals surface area contributed by atoms with Gasteiger partial charge in [-0.3, -0.25) is 4.79 Å². The number of rotatable bonds is 2. The molecule has 6 heteroatoms. The van der Waals surface area contributed by atoms with Crippen LogP contribution in [0.1, 0.15) is 18.2 Å². The molecule has 0 bridgehead atoms. The Balaban J connectivity index is 2.31. The molecule has 2 rings (SSSR count). The topological polar surface area (TPSA) is 64.1 Å². The van der Waals surface area contributed by atoms with E-state index in [0.717, 1.165) is 0 Å². The molecule has 1 aromatic heterocycles. The van der Waals surface area contributed by atoms with Gasteiger partial charge in [-0.15, -0.1) is 0 Å². The number of benzene rings is 1. The quantitative estimate of drug-likeness (QED) is 0.684. The average molecular weight is 302 g/mol. The van der Waals surface area contributed by atoms with Crippen LogP contribution >= 0.6 is 11.6 Å². The summed E-state index contributed by atoms with van der Waals surface area (Å²) in [6.07, 6.45) is 1.54. The number of methoxy groups -OCH3 is 1. The molecule has 0 aliphatic heterocycles. The summed E-state index contributed by atoms with van der Waals surface area (Å²) in [5.74, 6) is 6.22. The summed E-state index contributed by atoms with van der Waals surface area (Å²) < 4.78 is 5.18. The fourth-order valence-corrected chi connectivity index (χ4v) is 1.76. The Hall–Kier alpha value is -2.58. The standard InChI is InChI=1S/C15H12ClN3O2/c1-10(20)18-13-9-11(4-6-14(13)21-2)3-5-12-7-8-17-15(16)19-12/h4,6-9H,1-2H3,(H,18,20). The first-order valence-corrected chi connectivity index (χ1v) is 6.42. The van der Waals surface area contributed by atoms with Crippen molar-refractivity contribution in [2.45, 2.75) is 6.92 Å². The predicted octanol–water partition coefficient (Wildman–Crippen LogP) is 2.50. The Kier molecular flexibility index (Phi) is 4.75. The molecule has 106 valence electrons. The zero-order chi connectivity index (χ0) is 15.2. The highest BCUT2D eigenvalue weighted by atomic mass is 35.5. The molecule has 0 fully saturated rings. The molecule has 1 amide bonds. The Bertz CT molecular complexity index is 735. The number of nitrogens with one attached hydrogen (secondary N) is 1. The van der Waals surface area contributed by atoms with Crippen LogP contribution in [0.15, 0.2) is 30.5 Å². The Labute approximate surface area is 127 Å². The lowest BCUT2D eigenvalue weighted by Crippen LogP contribution is -2.07. The molecule has 0 spiro atoms. The molecule has 1 N–H and O–H groups in total. The van der Waals surface area contributed by atoms with E-state index in [0.29, 0.717) is 22.7 Å². The lowest BCUT2D eigenvalue weighted by molar-refractivity contribution is -0.114. The predicted molar refractivity (Wildman–Crippen MR) is 80.3 cm³/mol. The van der Waals surface area contributed by atoms with Crippen molar-refractivity contribution >= 4 is 23.2 Å². The van der Waals surface area contributed by atoms with Crippen molar-refractivity contribution in [2.75, 3.05) is 12.4 Å². The first-order chi connectivity index (χ1) is 10.1. The van der Waals surface area contributed by atoms with E-state index in [-0.39, 0.29) is 11.2 Å². The summed E-state index contributed by atoms with van der Waals surface area (Å²) in [7, 11) is 1.54. The Morgan fingerprint density at radius 1 is 1.33 bits per heavy atom. The lowest BCUT2D eigenvalue weighted by atomic mass is 10.2. The van der Waals surface area contributed by atoms with Crippen molar-refractivity contribution in [1.29, 1.82) is 0 Å². The summed E-state index contributed by atoms with van der Waals surface area (Å²) in [6, 6.07) is 6.93. The third-order valence-corrected chi connectivity index (χ3v) is 2.65. The summed E-state index contributed by atoms with van der Waals surface area (Å²) in [5, 5.41) is 2.84. The first-order valence-electron chi connectivity index (χ1n) is 6.04. The number of carbonyl (C=O) groups excluding carboxylic acids is 1. The second-order valence-corrected chi connectivity index (χ2v) is 4.40. The highest BCUT2D eigenvalue weighted by Gasteiger charge is 2.05. The number of amides is 1. The minimum Gasteiger partial charge on any atom is -0.495 e. The molecular weight excluding hydrogens is 290 g/mol. The average Bonchev–Trinajstić information content (AvgIpc) is 2.45. The van der Waals surface area contributed by atoms with E-state index in [1.807, 2.05) is 0 Å². The molecule has 5 nitrogen and oxygen atoms in total. The summed E-state index contributed by atoms with van der Waals surface area (Å²) in [5.41, 5.74) is 1.80. The van der Waals surface area contributed by atoms with Gasteiger partial charge in [-0.2, -0.15) is 0 Å². The van der Waals surface area contributed by atoms with E-state index in [4.69, 9.17) is 16.3 Å². The lowest BCUT2D eigenvalue weighted by Gasteiger charge is -2.08. The first kappa shape index (κ1) is 14.8. The van der Waals surface area contributed by atoms with Crippen molar-refractivity contribution in [3.8, 4) is 17.6 Å².